The summed E-state index contributed by atoms with van der Waals surface area (Å²) in [5.41, 5.74) is 3.73. The molecule has 4 rings (SSSR count). The van der Waals surface area contributed by atoms with E-state index in [1.54, 1.807) is 28.0 Å². The first-order valence-electron chi connectivity index (χ1n) is 9.18. The van der Waals surface area contributed by atoms with Crippen LogP contribution in [0.2, 0.25) is 0 Å². The van der Waals surface area contributed by atoms with E-state index < -0.39 is 5.82 Å². The van der Waals surface area contributed by atoms with Gasteiger partial charge in [-0.2, -0.15) is 5.10 Å². The summed E-state index contributed by atoms with van der Waals surface area (Å²) < 4.78 is 14.7. The number of amides is 2. The third-order valence-electron chi connectivity index (χ3n) is 4.65. The molecule has 0 saturated carbocycles. The number of hydrogen-bond donors (Lipinski definition) is 1. The Morgan fingerprint density at radius 3 is 2.76 bits per heavy atom. The largest absolute Gasteiger partial charge is 0.330 e. The number of rotatable bonds is 2. The van der Waals surface area contributed by atoms with Gasteiger partial charge in [0.25, 0.3) is 0 Å². The van der Waals surface area contributed by atoms with Crippen LogP contribution < -0.4 is 10.2 Å². The molecule has 4 heterocycles. The normalized spacial score (nSPS) is 13.4. The molecule has 0 fully saturated rings. The third kappa shape index (κ3) is 4.09. The molecule has 0 aliphatic carbocycles. The smallest absolute Gasteiger partial charge is 0.322 e. The van der Waals surface area contributed by atoms with Crippen molar-refractivity contribution in [1.82, 2.24) is 25.1 Å². The lowest BCUT2D eigenvalue weighted by Gasteiger charge is -2.21. The summed E-state index contributed by atoms with van der Waals surface area (Å²) in [6.07, 6.45) is 7.06. The molecule has 8 heteroatoms. The highest BCUT2D eigenvalue weighted by Crippen LogP contribution is 2.27. The van der Waals surface area contributed by atoms with Gasteiger partial charge in [-0.25, -0.2) is 9.18 Å². The first-order valence-corrected chi connectivity index (χ1v) is 9.18. The topological polar surface area (TPSA) is 75.9 Å². The highest BCUT2D eigenvalue weighted by atomic mass is 19.1. The van der Waals surface area contributed by atoms with Crippen LogP contribution >= 0.6 is 0 Å². The zero-order valence-corrected chi connectivity index (χ0v) is 16.1. The Kier molecular flexibility index (Phi) is 4.96. The first-order chi connectivity index (χ1) is 14.0. The molecule has 1 aliphatic rings. The predicted molar refractivity (Wildman–Crippen MR) is 106 cm³/mol. The molecule has 3 aromatic heterocycles. The van der Waals surface area contributed by atoms with Gasteiger partial charge < -0.3 is 5.32 Å². The van der Waals surface area contributed by atoms with E-state index in [2.05, 4.69) is 32.2 Å². The Morgan fingerprint density at radius 1 is 1.21 bits per heavy atom. The van der Waals surface area contributed by atoms with Crippen LogP contribution in [0.4, 0.5) is 14.9 Å². The maximum absolute atomic E-state index is 13.1. The Morgan fingerprint density at radius 2 is 2.03 bits per heavy atom. The van der Waals surface area contributed by atoms with Gasteiger partial charge in [-0.3, -0.25) is 19.5 Å². The van der Waals surface area contributed by atoms with Crippen molar-refractivity contribution in [3.05, 3.63) is 71.3 Å². The summed E-state index contributed by atoms with van der Waals surface area (Å²) in [7, 11) is 1.83. The number of aromatic nitrogens is 4. The second-order valence-corrected chi connectivity index (χ2v) is 6.82. The van der Waals surface area contributed by atoms with Crippen LogP contribution in [0.3, 0.4) is 0 Å². The lowest BCUT2D eigenvalue weighted by molar-refractivity contribution is 0.243. The molecule has 0 radical (unpaired) electrons. The zero-order chi connectivity index (χ0) is 20.4. The fraction of sp³-hybridized carbons (Fsp3) is 0.238. The number of urea groups is 1. The molecule has 146 valence electrons. The summed E-state index contributed by atoms with van der Waals surface area (Å²) in [4.78, 5) is 22.9. The van der Waals surface area contributed by atoms with Crippen LogP contribution in [0.1, 0.15) is 35.5 Å². The van der Waals surface area contributed by atoms with E-state index in [1.165, 1.54) is 6.07 Å². The maximum Gasteiger partial charge on any atom is 0.322 e. The molecule has 0 aromatic carbocycles. The SMILES string of the molecule is C[C@H](NC(=O)N1CCc2ncc(C#Cc3cnn(C)c3)cc21)c1ccc(F)cn1. The van der Waals surface area contributed by atoms with E-state index in [1.807, 2.05) is 26.2 Å². The standard InChI is InChI=1S/C21H19FN6O/c1-14(18-6-5-17(22)12-24-18)26-21(29)28-8-7-19-20(28)9-15(10-23-19)3-4-16-11-25-27(2)13-16/h5-6,9-14H,7-8H2,1-2H3,(H,26,29)/t14-/m0/s1. The van der Waals surface area contributed by atoms with Crippen molar-refractivity contribution in [3.63, 3.8) is 0 Å². The Labute approximate surface area is 167 Å². The number of carbonyl (C=O) groups is 1. The van der Waals surface area contributed by atoms with Crippen LogP contribution in [0.5, 0.6) is 0 Å². The van der Waals surface area contributed by atoms with Gasteiger partial charge in [-0.15, -0.1) is 0 Å². The molecule has 0 saturated heterocycles. The Balaban J connectivity index is 1.50. The number of anilines is 1. The monoisotopic (exact) mass is 390 g/mol. The number of hydrogen-bond acceptors (Lipinski definition) is 4. The average molecular weight is 390 g/mol. The summed E-state index contributed by atoms with van der Waals surface area (Å²) in [6.45, 7) is 2.35. The van der Waals surface area contributed by atoms with Gasteiger partial charge >= 0.3 is 6.03 Å². The van der Waals surface area contributed by atoms with E-state index in [9.17, 15) is 9.18 Å². The Hall–Kier alpha value is -3.73. The van der Waals surface area contributed by atoms with Crippen molar-refractivity contribution in [2.75, 3.05) is 11.4 Å². The quantitative estimate of drug-likeness (QED) is 0.683. The van der Waals surface area contributed by atoms with Crippen LogP contribution in [-0.2, 0) is 13.5 Å². The van der Waals surface area contributed by atoms with E-state index in [4.69, 9.17) is 0 Å². The number of pyridine rings is 2. The van der Waals surface area contributed by atoms with Crippen LogP contribution in [0.25, 0.3) is 0 Å². The van der Waals surface area contributed by atoms with Gasteiger partial charge in [-0.05, 0) is 25.1 Å². The molecule has 1 aliphatic heterocycles. The van der Waals surface area contributed by atoms with Gasteiger partial charge in [0.2, 0.25) is 0 Å². The fourth-order valence-electron chi connectivity index (χ4n) is 3.14. The molecule has 1 N–H and O–H groups in total. The third-order valence-corrected chi connectivity index (χ3v) is 4.65. The number of nitrogens with one attached hydrogen (secondary N) is 1. The zero-order valence-electron chi connectivity index (χ0n) is 16.1. The maximum atomic E-state index is 13.1. The van der Waals surface area contributed by atoms with Crippen molar-refractivity contribution >= 4 is 11.7 Å². The van der Waals surface area contributed by atoms with E-state index in [-0.39, 0.29) is 12.1 Å². The molecule has 0 bridgehead atoms. The van der Waals surface area contributed by atoms with Crippen molar-refractivity contribution in [2.24, 2.45) is 7.05 Å². The minimum Gasteiger partial charge on any atom is -0.330 e. The molecule has 3 aromatic rings. The van der Waals surface area contributed by atoms with Gasteiger partial charge in [0.1, 0.15) is 5.82 Å². The average Bonchev–Trinajstić information content (AvgIpc) is 3.32. The van der Waals surface area contributed by atoms with Crippen molar-refractivity contribution in [1.29, 1.82) is 0 Å². The van der Waals surface area contributed by atoms with Gasteiger partial charge in [-0.1, -0.05) is 11.8 Å². The van der Waals surface area contributed by atoms with Gasteiger partial charge in [0, 0.05) is 38.0 Å². The molecular formula is C21H19FN6O. The van der Waals surface area contributed by atoms with Crippen LogP contribution in [0.15, 0.2) is 43.0 Å². The van der Waals surface area contributed by atoms with Crippen molar-refractivity contribution in [2.45, 2.75) is 19.4 Å². The minimum atomic E-state index is -0.410. The highest BCUT2D eigenvalue weighted by molar-refractivity contribution is 5.94. The van der Waals surface area contributed by atoms with Gasteiger partial charge in [0.15, 0.2) is 0 Å². The van der Waals surface area contributed by atoms with Crippen LogP contribution in [-0.4, -0.2) is 32.3 Å². The summed E-state index contributed by atoms with van der Waals surface area (Å²) in [5, 5.41) is 7.00. The number of aryl methyl sites for hydroxylation is 1. The van der Waals surface area contributed by atoms with Crippen molar-refractivity contribution < 1.29 is 9.18 Å². The number of carbonyl (C=O) groups excluding carboxylic acids is 1. The lowest BCUT2D eigenvalue weighted by atomic mass is 10.2. The summed E-state index contributed by atoms with van der Waals surface area (Å²) in [6, 6.07) is 4.16. The summed E-state index contributed by atoms with van der Waals surface area (Å²) >= 11 is 0. The highest BCUT2D eigenvalue weighted by Gasteiger charge is 2.27. The molecule has 7 nitrogen and oxygen atoms in total. The first kappa shape index (κ1) is 18.6. The number of nitrogens with zero attached hydrogens (tertiary/aromatic N) is 5. The number of halogens is 1. The molecule has 2 amide bonds. The minimum absolute atomic E-state index is 0.249. The summed E-state index contributed by atoms with van der Waals surface area (Å²) in [5.74, 6) is 5.70. The van der Waals surface area contributed by atoms with Crippen LogP contribution in [0, 0.1) is 17.7 Å². The molecular weight excluding hydrogens is 371 g/mol. The Bertz CT molecular complexity index is 1110. The van der Waals surface area contributed by atoms with E-state index >= 15 is 0 Å². The second-order valence-electron chi connectivity index (χ2n) is 6.82. The number of fused-ring (bicyclic) bond motifs is 1. The molecule has 0 spiro atoms. The molecule has 29 heavy (non-hydrogen) atoms. The fourth-order valence-corrected chi connectivity index (χ4v) is 3.14. The van der Waals surface area contributed by atoms with Crippen molar-refractivity contribution in [3.8, 4) is 11.8 Å². The molecule has 0 unspecified atom stereocenters. The predicted octanol–water partition coefficient (Wildman–Crippen LogP) is 2.58. The molecule has 1 atom stereocenters. The second kappa shape index (κ2) is 7.72. The van der Waals surface area contributed by atoms with Gasteiger partial charge in [0.05, 0.1) is 41.1 Å². The lowest BCUT2D eigenvalue weighted by Crippen LogP contribution is -2.40. The van der Waals surface area contributed by atoms with E-state index in [0.717, 1.165) is 28.7 Å². The van der Waals surface area contributed by atoms with E-state index in [0.29, 0.717) is 18.7 Å².